The van der Waals surface area contributed by atoms with Crippen molar-refractivity contribution in [3.8, 4) is 0 Å². The first-order valence-electron chi connectivity index (χ1n) is 9.58. The molecule has 2 N–H and O–H groups in total. The van der Waals surface area contributed by atoms with E-state index in [0.29, 0.717) is 16.9 Å². The molecule has 4 rings (SSSR count). The zero-order chi connectivity index (χ0) is 21.1. The Morgan fingerprint density at radius 1 is 1.30 bits per heavy atom. The van der Waals surface area contributed by atoms with Crippen molar-refractivity contribution in [2.45, 2.75) is 13.0 Å². The highest BCUT2D eigenvalue weighted by Gasteiger charge is 2.11. The summed E-state index contributed by atoms with van der Waals surface area (Å²) >= 11 is 0. The minimum atomic E-state index is -0.216. The molecule has 0 saturated carbocycles. The summed E-state index contributed by atoms with van der Waals surface area (Å²) in [7, 11) is 3.84. The lowest BCUT2D eigenvalue weighted by Gasteiger charge is -2.26. The van der Waals surface area contributed by atoms with Gasteiger partial charge < -0.3 is 20.5 Å². The van der Waals surface area contributed by atoms with Crippen LogP contribution in [-0.2, 0) is 7.05 Å². The fourth-order valence-corrected chi connectivity index (χ4v) is 3.11. The predicted molar refractivity (Wildman–Crippen MR) is 117 cm³/mol. The normalized spacial score (nSPS) is 14.1. The van der Waals surface area contributed by atoms with Gasteiger partial charge in [-0.25, -0.2) is 14.5 Å². The Morgan fingerprint density at radius 3 is 2.93 bits per heavy atom. The van der Waals surface area contributed by atoms with Crippen molar-refractivity contribution in [3.05, 3.63) is 83.6 Å². The molecular formula is C22H23N7O. The Kier molecular flexibility index (Phi) is 5.30. The summed E-state index contributed by atoms with van der Waals surface area (Å²) in [5.74, 6) is -0.216. The van der Waals surface area contributed by atoms with Crippen LogP contribution in [0.5, 0.6) is 0 Å². The predicted octanol–water partition coefficient (Wildman–Crippen LogP) is 3.28. The number of hydrogen-bond donors (Lipinski definition) is 2. The highest BCUT2D eigenvalue weighted by molar-refractivity contribution is 6.05. The van der Waals surface area contributed by atoms with Gasteiger partial charge in [-0.3, -0.25) is 4.79 Å². The Hall–Kier alpha value is -3.94. The van der Waals surface area contributed by atoms with E-state index >= 15 is 0 Å². The lowest BCUT2D eigenvalue weighted by Crippen LogP contribution is -2.21. The van der Waals surface area contributed by atoms with E-state index in [1.807, 2.05) is 66.8 Å². The lowest BCUT2D eigenvalue weighted by molar-refractivity contribution is -0.429. The molecule has 1 aliphatic heterocycles. The van der Waals surface area contributed by atoms with Crippen LogP contribution in [-0.4, -0.2) is 38.3 Å². The molecule has 3 heterocycles. The van der Waals surface area contributed by atoms with Crippen LogP contribution in [0.4, 0.5) is 5.69 Å². The maximum absolute atomic E-state index is 12.7. The fraction of sp³-hybridized carbons (Fsp3) is 0.182. The number of amides is 1. The van der Waals surface area contributed by atoms with Crippen molar-refractivity contribution < 1.29 is 9.37 Å². The van der Waals surface area contributed by atoms with Crippen LogP contribution in [0.1, 0.15) is 28.9 Å². The molecule has 8 heteroatoms. The Balaban J connectivity index is 1.38. The molecule has 1 amide bonds. The number of nitrogens with one attached hydrogen (secondary N) is 2. The van der Waals surface area contributed by atoms with Crippen molar-refractivity contribution in [1.29, 1.82) is 0 Å². The van der Waals surface area contributed by atoms with Crippen LogP contribution in [0.25, 0.3) is 16.5 Å². The van der Waals surface area contributed by atoms with E-state index in [1.165, 1.54) is 6.20 Å². The number of imidazole rings is 1. The van der Waals surface area contributed by atoms with E-state index in [4.69, 9.17) is 0 Å². The second-order valence-electron chi connectivity index (χ2n) is 7.17. The average molecular weight is 401 g/mol. The van der Waals surface area contributed by atoms with Gasteiger partial charge in [-0.15, -0.1) is 0 Å². The van der Waals surface area contributed by atoms with Gasteiger partial charge in [0.05, 0.1) is 17.4 Å². The number of pyridine rings is 1. The molecule has 1 aromatic carbocycles. The molecule has 1 unspecified atom stereocenters. The Labute approximate surface area is 174 Å². The second kappa shape index (κ2) is 8.20. The van der Waals surface area contributed by atoms with Crippen molar-refractivity contribution in [3.63, 3.8) is 0 Å². The van der Waals surface area contributed by atoms with Crippen LogP contribution in [0.3, 0.4) is 0 Å². The van der Waals surface area contributed by atoms with E-state index < -0.39 is 0 Å². The molecule has 1 atom stereocenters. The summed E-state index contributed by atoms with van der Waals surface area (Å²) in [5.41, 5.74) is 4.67. The largest absolute Gasteiger partial charge is 0.683 e. The SMILES string of the molecule is CC([N-]C=CNC1=C[N+](C)=C1)c1cccc(NC(=O)c2cnc3ncn(C)c3c2)c1. The van der Waals surface area contributed by atoms with Crippen molar-refractivity contribution in [2.24, 2.45) is 7.05 Å². The zero-order valence-electron chi connectivity index (χ0n) is 17.1. The summed E-state index contributed by atoms with van der Waals surface area (Å²) in [5, 5.41) is 10.6. The van der Waals surface area contributed by atoms with Crippen molar-refractivity contribution >= 4 is 29.0 Å². The first kappa shape index (κ1) is 19.4. The molecule has 0 bridgehead atoms. The topological polar surface area (TPSA) is 88.9 Å². The van der Waals surface area contributed by atoms with Gasteiger partial charge in [0.25, 0.3) is 5.91 Å². The third-order valence-corrected chi connectivity index (χ3v) is 4.79. The number of fused-ring (bicyclic) bond motifs is 1. The molecular weight excluding hydrogens is 378 g/mol. The lowest BCUT2D eigenvalue weighted by atomic mass is 10.1. The van der Waals surface area contributed by atoms with Gasteiger partial charge >= 0.3 is 0 Å². The maximum Gasteiger partial charge on any atom is 0.257 e. The quantitative estimate of drug-likeness (QED) is 0.595. The summed E-state index contributed by atoms with van der Waals surface area (Å²) < 4.78 is 3.81. The number of allylic oxidation sites excluding steroid dienone is 1. The molecule has 8 nitrogen and oxygen atoms in total. The summed E-state index contributed by atoms with van der Waals surface area (Å²) in [6.45, 7) is 2.01. The monoisotopic (exact) mass is 401 g/mol. The minimum absolute atomic E-state index is 0.0469. The van der Waals surface area contributed by atoms with Gasteiger partial charge in [0.1, 0.15) is 7.05 Å². The number of carbonyl (C=O) groups is 1. The minimum Gasteiger partial charge on any atom is -0.683 e. The third kappa shape index (κ3) is 4.22. The van der Waals surface area contributed by atoms with Gasteiger partial charge in [-0.2, -0.15) is 6.20 Å². The molecule has 1 aliphatic rings. The Morgan fingerprint density at radius 2 is 2.13 bits per heavy atom. The maximum atomic E-state index is 12.7. The van der Waals surface area contributed by atoms with Gasteiger partial charge in [0, 0.05) is 18.9 Å². The summed E-state index contributed by atoms with van der Waals surface area (Å²) in [6.07, 6.45) is 10.7. The van der Waals surface area contributed by atoms with E-state index in [2.05, 4.69) is 25.9 Å². The molecule has 2 aromatic heterocycles. The summed E-state index contributed by atoms with van der Waals surface area (Å²) in [4.78, 5) is 21.1. The first-order chi connectivity index (χ1) is 14.5. The van der Waals surface area contributed by atoms with Crippen LogP contribution in [0, 0.1) is 0 Å². The number of nitrogens with zero attached hydrogens (tertiary/aromatic N) is 5. The molecule has 0 radical (unpaired) electrons. The molecule has 0 fully saturated rings. The molecule has 0 aliphatic carbocycles. The number of benzene rings is 1. The zero-order valence-corrected chi connectivity index (χ0v) is 17.1. The van der Waals surface area contributed by atoms with Gasteiger partial charge in [0.15, 0.2) is 23.8 Å². The number of carbonyl (C=O) groups excluding carboxylic acids is 1. The number of rotatable bonds is 7. The van der Waals surface area contributed by atoms with E-state index in [-0.39, 0.29) is 11.9 Å². The van der Waals surface area contributed by atoms with Crippen molar-refractivity contribution in [2.75, 3.05) is 12.4 Å². The number of aromatic nitrogens is 3. The van der Waals surface area contributed by atoms with E-state index in [9.17, 15) is 4.79 Å². The van der Waals surface area contributed by atoms with Crippen LogP contribution >= 0.6 is 0 Å². The van der Waals surface area contributed by atoms with Crippen LogP contribution in [0.2, 0.25) is 0 Å². The van der Waals surface area contributed by atoms with Gasteiger partial charge in [0.2, 0.25) is 0 Å². The average Bonchev–Trinajstić information content (AvgIpc) is 3.10. The third-order valence-electron chi connectivity index (χ3n) is 4.79. The van der Waals surface area contributed by atoms with E-state index in [0.717, 1.165) is 16.8 Å². The molecule has 152 valence electrons. The fourth-order valence-electron chi connectivity index (χ4n) is 3.11. The number of anilines is 1. The van der Waals surface area contributed by atoms with Crippen LogP contribution < -0.4 is 10.6 Å². The highest BCUT2D eigenvalue weighted by Crippen LogP contribution is 2.24. The van der Waals surface area contributed by atoms with Gasteiger partial charge in [-0.1, -0.05) is 30.7 Å². The summed E-state index contributed by atoms with van der Waals surface area (Å²) in [6, 6.07) is 9.43. The number of hydrogen-bond acceptors (Lipinski definition) is 4. The second-order valence-corrected chi connectivity index (χ2v) is 7.17. The van der Waals surface area contributed by atoms with Crippen molar-refractivity contribution in [1.82, 2.24) is 19.9 Å². The smallest absolute Gasteiger partial charge is 0.257 e. The molecule has 30 heavy (non-hydrogen) atoms. The molecule has 3 aromatic rings. The highest BCUT2D eigenvalue weighted by atomic mass is 16.1. The number of aryl methyl sites for hydroxylation is 1. The van der Waals surface area contributed by atoms with E-state index in [1.54, 1.807) is 24.8 Å². The molecule has 0 spiro atoms. The Bertz CT molecular complexity index is 1190. The standard InChI is InChI=1S/C22H23N7O/c1-15(23-7-8-24-19-12-28(2)13-19)16-5-4-6-18(9-16)27-22(30)17-10-20-21(25-11-17)26-14-29(20)3/h4-15,24H,1-3H3,(H,27,30). The first-order valence-corrected chi connectivity index (χ1v) is 9.58. The molecule has 0 saturated heterocycles. The van der Waals surface area contributed by atoms with Crippen LogP contribution in [0.15, 0.2) is 67.2 Å². The van der Waals surface area contributed by atoms with Gasteiger partial charge in [-0.05, 0) is 24.4 Å².